The largest absolute Gasteiger partial charge is 0.441 e. The van der Waals surface area contributed by atoms with E-state index in [0.29, 0.717) is 28.8 Å². The van der Waals surface area contributed by atoms with Gasteiger partial charge in [0.05, 0.1) is 36.7 Å². The molecular weight excluding hydrogens is 471 g/mol. The van der Waals surface area contributed by atoms with Crippen LogP contribution in [0.15, 0.2) is 31.0 Å². The van der Waals surface area contributed by atoms with Gasteiger partial charge in [-0.3, -0.25) is 9.50 Å². The highest BCUT2D eigenvalue weighted by Crippen LogP contribution is 2.33. The van der Waals surface area contributed by atoms with Crippen LogP contribution in [0.1, 0.15) is 37.0 Å². The molecule has 1 amide bonds. The van der Waals surface area contributed by atoms with E-state index in [0.717, 1.165) is 5.69 Å². The number of H-pyrrole nitrogens is 1. The molecule has 5 heterocycles. The summed E-state index contributed by atoms with van der Waals surface area (Å²) in [6, 6.07) is 3.48. The Balaban J connectivity index is 1.35. The second-order valence-corrected chi connectivity index (χ2v) is 8.60. The lowest BCUT2D eigenvalue weighted by Crippen LogP contribution is -2.36. The first kappa shape index (κ1) is 23.2. The van der Waals surface area contributed by atoms with Crippen molar-refractivity contribution in [3.8, 4) is 11.8 Å². The number of anilines is 2. The first-order valence-electron chi connectivity index (χ1n) is 11.2. The number of aromatic amines is 1. The molecule has 0 aromatic carbocycles. The van der Waals surface area contributed by atoms with E-state index in [4.69, 9.17) is 9.47 Å². The number of imidazole rings is 2. The molecule has 36 heavy (non-hydrogen) atoms. The van der Waals surface area contributed by atoms with Gasteiger partial charge in [-0.2, -0.15) is 10.4 Å². The molecule has 0 saturated carbocycles. The minimum atomic E-state index is -1.58. The Labute approximate surface area is 204 Å². The number of carbonyl (C=O) groups is 1. The van der Waals surface area contributed by atoms with Crippen molar-refractivity contribution in [3.05, 3.63) is 48.1 Å². The van der Waals surface area contributed by atoms with Gasteiger partial charge in [0.15, 0.2) is 29.4 Å². The van der Waals surface area contributed by atoms with Crippen molar-refractivity contribution < 1.29 is 18.7 Å². The van der Waals surface area contributed by atoms with Crippen molar-refractivity contribution in [1.29, 1.82) is 5.26 Å². The van der Waals surface area contributed by atoms with Crippen LogP contribution in [-0.4, -0.2) is 65.1 Å². The predicted molar refractivity (Wildman–Crippen MR) is 124 cm³/mol. The molecular formula is C22H23FN10O3. The molecule has 0 bridgehead atoms. The third kappa shape index (κ3) is 4.43. The normalized spacial score (nSPS) is 19.5. The number of nitriles is 1. The molecule has 3 atom stereocenters. The van der Waals surface area contributed by atoms with Crippen LogP contribution in [0.4, 0.5) is 21.0 Å². The van der Waals surface area contributed by atoms with Gasteiger partial charge in [-0.1, -0.05) is 0 Å². The first-order chi connectivity index (χ1) is 17.3. The molecule has 0 radical (unpaired) electrons. The number of nitrogens with zero attached hydrogens (tertiary/aromatic N) is 7. The molecule has 14 heteroatoms. The number of halogens is 1. The molecule has 4 aromatic heterocycles. The maximum atomic E-state index is 15.0. The summed E-state index contributed by atoms with van der Waals surface area (Å²) in [7, 11) is 0. The summed E-state index contributed by atoms with van der Waals surface area (Å²) in [6.45, 7) is 5.34. The number of amides is 1. The monoisotopic (exact) mass is 494 g/mol. The molecule has 5 rings (SSSR count). The van der Waals surface area contributed by atoms with Gasteiger partial charge in [0.25, 0.3) is 0 Å². The minimum absolute atomic E-state index is 0.0809. The Hall–Kier alpha value is -4.51. The van der Waals surface area contributed by atoms with Crippen molar-refractivity contribution in [1.82, 2.24) is 39.4 Å². The number of aryl methyl sites for hydroxylation is 1. The van der Waals surface area contributed by atoms with Crippen LogP contribution in [0.3, 0.4) is 0 Å². The smallest absolute Gasteiger partial charge is 0.407 e. The number of aromatic nitrogens is 7. The number of alkyl carbamates (subject to hydrolysis) is 1. The summed E-state index contributed by atoms with van der Waals surface area (Å²) < 4.78 is 29.0. The first-order valence-corrected chi connectivity index (χ1v) is 11.2. The molecule has 13 nitrogen and oxygen atoms in total. The van der Waals surface area contributed by atoms with Crippen LogP contribution >= 0.6 is 0 Å². The SMILES string of the molecule is Cc1cn(-c2cnc(Nc3cc([C@@H]4OC[C@H](OC(=O)NC(C)C)[C@@H]4F)[nH]n3)n3cc(C#N)nc23)cn1. The van der Waals surface area contributed by atoms with Gasteiger partial charge in [-0.05, 0) is 20.8 Å². The highest BCUT2D eigenvalue weighted by Gasteiger charge is 2.42. The van der Waals surface area contributed by atoms with E-state index in [2.05, 4.69) is 35.8 Å². The van der Waals surface area contributed by atoms with E-state index in [9.17, 15) is 14.4 Å². The number of alkyl halides is 1. The van der Waals surface area contributed by atoms with E-state index in [1.165, 1.54) is 0 Å². The minimum Gasteiger partial charge on any atom is -0.441 e. The van der Waals surface area contributed by atoms with Crippen molar-refractivity contribution in [2.45, 2.75) is 45.2 Å². The van der Waals surface area contributed by atoms with Crippen LogP contribution in [0, 0.1) is 18.3 Å². The molecule has 1 saturated heterocycles. The summed E-state index contributed by atoms with van der Waals surface area (Å²) >= 11 is 0. The average Bonchev–Trinajstić information content (AvgIpc) is 3.62. The Morgan fingerprint density at radius 3 is 2.94 bits per heavy atom. The lowest BCUT2D eigenvalue weighted by Gasteiger charge is -2.16. The molecule has 3 N–H and O–H groups in total. The number of nitrogens with one attached hydrogen (secondary N) is 3. The van der Waals surface area contributed by atoms with Gasteiger partial charge < -0.3 is 24.7 Å². The zero-order valence-corrected chi connectivity index (χ0v) is 19.6. The Morgan fingerprint density at radius 2 is 2.22 bits per heavy atom. The van der Waals surface area contributed by atoms with Crippen molar-refractivity contribution in [2.75, 3.05) is 11.9 Å². The van der Waals surface area contributed by atoms with Crippen LogP contribution in [0.5, 0.6) is 0 Å². The number of carbonyl (C=O) groups excluding carboxylic acids is 1. The van der Waals surface area contributed by atoms with E-state index in [1.807, 2.05) is 19.2 Å². The summed E-state index contributed by atoms with van der Waals surface area (Å²) in [5.74, 6) is 0.684. The summed E-state index contributed by atoms with van der Waals surface area (Å²) in [5, 5.41) is 21.9. The third-order valence-corrected chi connectivity index (χ3v) is 5.47. The number of hydrogen-bond donors (Lipinski definition) is 3. The lowest BCUT2D eigenvalue weighted by molar-refractivity contribution is 0.0615. The van der Waals surface area contributed by atoms with Crippen LogP contribution in [0.2, 0.25) is 0 Å². The quantitative estimate of drug-likeness (QED) is 0.366. The highest BCUT2D eigenvalue weighted by atomic mass is 19.1. The second kappa shape index (κ2) is 9.27. The summed E-state index contributed by atoms with van der Waals surface area (Å²) in [4.78, 5) is 24.9. The zero-order valence-electron chi connectivity index (χ0n) is 19.6. The second-order valence-electron chi connectivity index (χ2n) is 8.60. The van der Waals surface area contributed by atoms with Crippen LogP contribution in [0.25, 0.3) is 11.3 Å². The van der Waals surface area contributed by atoms with Gasteiger partial charge in [-0.25, -0.2) is 24.1 Å². The molecule has 0 spiro atoms. The fourth-order valence-electron chi connectivity index (χ4n) is 3.85. The molecule has 1 fully saturated rings. The molecule has 0 unspecified atom stereocenters. The van der Waals surface area contributed by atoms with Crippen molar-refractivity contribution >= 4 is 23.5 Å². The topological polar surface area (TPSA) is 160 Å². The van der Waals surface area contributed by atoms with Crippen LogP contribution in [-0.2, 0) is 9.47 Å². The van der Waals surface area contributed by atoms with E-state index in [-0.39, 0.29) is 18.3 Å². The third-order valence-electron chi connectivity index (χ3n) is 5.47. The average molecular weight is 494 g/mol. The molecule has 0 aliphatic carbocycles. The maximum absolute atomic E-state index is 15.0. The lowest BCUT2D eigenvalue weighted by atomic mass is 10.1. The van der Waals surface area contributed by atoms with E-state index < -0.39 is 24.5 Å². The molecule has 1 aliphatic heterocycles. The summed E-state index contributed by atoms with van der Waals surface area (Å²) in [5.41, 5.74) is 2.52. The van der Waals surface area contributed by atoms with Gasteiger partial charge >= 0.3 is 6.09 Å². The Morgan fingerprint density at radius 1 is 1.39 bits per heavy atom. The maximum Gasteiger partial charge on any atom is 0.407 e. The molecule has 1 aliphatic rings. The van der Waals surface area contributed by atoms with Crippen LogP contribution < -0.4 is 10.6 Å². The van der Waals surface area contributed by atoms with Crippen molar-refractivity contribution in [2.24, 2.45) is 0 Å². The number of ether oxygens (including phenoxy) is 2. The Bertz CT molecular complexity index is 1450. The van der Waals surface area contributed by atoms with E-state index in [1.54, 1.807) is 47.6 Å². The van der Waals surface area contributed by atoms with Crippen molar-refractivity contribution in [3.63, 3.8) is 0 Å². The van der Waals surface area contributed by atoms with Gasteiger partial charge in [0.2, 0.25) is 5.95 Å². The standard InChI is InChI=1S/C22H23FN10O3/c1-11(2)27-22(34)36-16-9-35-19(18(16)23)14-4-17(31-30-14)29-21-25-6-15(32-7-12(3)26-10-32)20-28-13(5-24)8-33(20)21/h4,6-8,10-11,16,18-19H,9H2,1-3H3,(H,27,34)(H2,25,29,30,31)/t16-,18-,19-/m0/s1. The predicted octanol–water partition coefficient (Wildman–Crippen LogP) is 2.47. The van der Waals surface area contributed by atoms with Gasteiger partial charge in [0.1, 0.15) is 17.9 Å². The van der Waals surface area contributed by atoms with Gasteiger partial charge in [-0.15, -0.1) is 0 Å². The van der Waals surface area contributed by atoms with Gasteiger partial charge in [0, 0.05) is 18.3 Å². The number of hydrogen-bond acceptors (Lipinski definition) is 9. The number of rotatable bonds is 6. The molecule has 186 valence electrons. The summed E-state index contributed by atoms with van der Waals surface area (Å²) in [6.07, 6.45) is 2.31. The Kier molecular flexibility index (Phi) is 5.98. The number of fused-ring (bicyclic) bond motifs is 1. The fraction of sp³-hybridized carbons (Fsp3) is 0.364. The highest BCUT2D eigenvalue weighted by molar-refractivity contribution is 5.68. The van der Waals surface area contributed by atoms with E-state index >= 15 is 0 Å². The fourth-order valence-corrected chi connectivity index (χ4v) is 3.85. The molecule has 4 aromatic rings. The zero-order chi connectivity index (χ0) is 25.4.